The summed E-state index contributed by atoms with van der Waals surface area (Å²) < 4.78 is 5.19. The van der Waals surface area contributed by atoms with E-state index >= 15 is 0 Å². The number of aliphatic hydroxyl groups is 3. The first-order chi connectivity index (χ1) is 8.04. The molecule has 0 unspecified atom stereocenters. The van der Waals surface area contributed by atoms with Gasteiger partial charge in [0.05, 0.1) is 12.2 Å². The van der Waals surface area contributed by atoms with E-state index in [1.807, 2.05) is 0 Å². The number of anilines is 1. The van der Waals surface area contributed by atoms with Crippen LogP contribution in [0.5, 0.6) is 0 Å². The molecule has 1 aliphatic rings. The molecule has 0 bridgehead atoms. The predicted octanol–water partition coefficient (Wildman–Crippen LogP) is -2.49. The Morgan fingerprint density at radius 2 is 2.18 bits per heavy atom. The lowest BCUT2D eigenvalue weighted by atomic mass is 10.0. The molecule has 0 amide bonds. The number of aromatic amines is 1. The average Bonchev–Trinajstić information content (AvgIpc) is 2.57. The van der Waals surface area contributed by atoms with Crippen LogP contribution in [-0.2, 0) is 4.74 Å². The zero-order valence-corrected chi connectivity index (χ0v) is 8.78. The van der Waals surface area contributed by atoms with Crippen molar-refractivity contribution >= 4 is 5.95 Å². The molecule has 2 heterocycles. The lowest BCUT2D eigenvalue weighted by molar-refractivity contribution is -0.0232. The Morgan fingerprint density at radius 1 is 1.47 bits per heavy atom. The first kappa shape index (κ1) is 12.0. The third-order valence-electron chi connectivity index (χ3n) is 2.70. The van der Waals surface area contributed by atoms with Crippen LogP contribution < -0.4 is 11.3 Å². The third kappa shape index (κ3) is 2.03. The van der Waals surface area contributed by atoms with Crippen LogP contribution in [0, 0.1) is 0 Å². The molecule has 2 rings (SSSR count). The fourth-order valence-corrected chi connectivity index (χ4v) is 1.78. The number of H-pyrrole nitrogens is 1. The molecule has 0 aromatic carbocycles. The van der Waals surface area contributed by atoms with E-state index in [-0.39, 0.29) is 11.5 Å². The summed E-state index contributed by atoms with van der Waals surface area (Å²) in [5.74, 6) is -0.0505. The highest BCUT2D eigenvalue weighted by Crippen LogP contribution is 2.31. The van der Waals surface area contributed by atoms with Crippen LogP contribution >= 0.6 is 0 Å². The lowest BCUT2D eigenvalue weighted by Crippen LogP contribution is -2.33. The number of aliphatic hydroxyl groups excluding tert-OH is 3. The molecule has 0 radical (unpaired) electrons. The van der Waals surface area contributed by atoms with Crippen LogP contribution in [0.25, 0.3) is 0 Å². The van der Waals surface area contributed by atoms with Crippen molar-refractivity contribution in [3.63, 3.8) is 0 Å². The second-order valence-corrected chi connectivity index (χ2v) is 3.81. The SMILES string of the molecule is Nc1ncc([C@@H]2O[C@H](CO)[C@H](O)[C@@H]2O)c(=O)[nH]1. The van der Waals surface area contributed by atoms with Crippen molar-refractivity contribution in [3.05, 3.63) is 22.1 Å². The van der Waals surface area contributed by atoms with Crippen LogP contribution in [-0.4, -0.2) is 50.2 Å². The van der Waals surface area contributed by atoms with Crippen molar-refractivity contribution in [2.24, 2.45) is 0 Å². The molecular formula is C9H13N3O5. The van der Waals surface area contributed by atoms with Gasteiger partial charge in [-0.15, -0.1) is 0 Å². The van der Waals surface area contributed by atoms with Crippen molar-refractivity contribution in [3.8, 4) is 0 Å². The van der Waals surface area contributed by atoms with Crippen LogP contribution in [0.2, 0.25) is 0 Å². The zero-order chi connectivity index (χ0) is 12.6. The summed E-state index contributed by atoms with van der Waals surface area (Å²) in [6.07, 6.45) is -3.32. The van der Waals surface area contributed by atoms with E-state index in [1.165, 1.54) is 6.20 Å². The molecule has 0 saturated carbocycles. The molecule has 1 fully saturated rings. The number of ether oxygens (including phenoxy) is 1. The highest BCUT2D eigenvalue weighted by Gasteiger charge is 2.44. The fraction of sp³-hybridized carbons (Fsp3) is 0.556. The van der Waals surface area contributed by atoms with Gasteiger partial charge >= 0.3 is 0 Å². The fourth-order valence-electron chi connectivity index (χ4n) is 1.78. The van der Waals surface area contributed by atoms with Crippen molar-refractivity contribution < 1.29 is 20.1 Å². The summed E-state index contributed by atoms with van der Waals surface area (Å²) in [7, 11) is 0. The van der Waals surface area contributed by atoms with Gasteiger partial charge in [-0.3, -0.25) is 9.78 Å². The summed E-state index contributed by atoms with van der Waals surface area (Å²) in [5.41, 5.74) is 4.79. The van der Waals surface area contributed by atoms with Gasteiger partial charge < -0.3 is 25.8 Å². The average molecular weight is 243 g/mol. The molecule has 6 N–H and O–H groups in total. The Labute approximate surface area is 95.7 Å². The van der Waals surface area contributed by atoms with Gasteiger partial charge in [0, 0.05) is 6.20 Å². The maximum atomic E-state index is 11.6. The number of nitrogens with one attached hydrogen (secondary N) is 1. The molecule has 8 nitrogen and oxygen atoms in total. The van der Waals surface area contributed by atoms with Gasteiger partial charge in [0.2, 0.25) is 0 Å². The topological polar surface area (TPSA) is 142 Å². The van der Waals surface area contributed by atoms with Gasteiger partial charge in [0.1, 0.15) is 24.4 Å². The van der Waals surface area contributed by atoms with Crippen molar-refractivity contribution in [1.29, 1.82) is 0 Å². The molecule has 17 heavy (non-hydrogen) atoms. The van der Waals surface area contributed by atoms with Gasteiger partial charge in [-0.2, -0.15) is 0 Å². The molecule has 0 spiro atoms. The van der Waals surface area contributed by atoms with Gasteiger partial charge in [0.25, 0.3) is 5.56 Å². The first-order valence-electron chi connectivity index (χ1n) is 5.01. The summed E-state index contributed by atoms with van der Waals surface area (Å²) in [4.78, 5) is 17.5. The summed E-state index contributed by atoms with van der Waals surface area (Å²) in [5, 5.41) is 28.2. The molecule has 1 aromatic rings. The Morgan fingerprint density at radius 3 is 2.71 bits per heavy atom. The molecule has 1 aromatic heterocycles. The number of aromatic nitrogens is 2. The smallest absolute Gasteiger partial charge is 0.258 e. The van der Waals surface area contributed by atoms with E-state index in [1.54, 1.807) is 0 Å². The van der Waals surface area contributed by atoms with Crippen LogP contribution in [0.4, 0.5) is 5.95 Å². The van der Waals surface area contributed by atoms with Gasteiger partial charge in [-0.1, -0.05) is 0 Å². The third-order valence-corrected chi connectivity index (χ3v) is 2.70. The number of nitrogen functional groups attached to an aromatic ring is 1. The van der Waals surface area contributed by atoms with Gasteiger partial charge in [-0.05, 0) is 0 Å². The monoisotopic (exact) mass is 243 g/mol. The first-order valence-corrected chi connectivity index (χ1v) is 5.01. The van der Waals surface area contributed by atoms with Crippen molar-refractivity contribution in [2.75, 3.05) is 12.3 Å². The Hall–Kier alpha value is -1.48. The minimum absolute atomic E-state index is 0.0505. The molecular weight excluding hydrogens is 230 g/mol. The lowest BCUT2D eigenvalue weighted by Gasteiger charge is -2.13. The maximum absolute atomic E-state index is 11.6. The largest absolute Gasteiger partial charge is 0.394 e. The summed E-state index contributed by atoms with van der Waals surface area (Å²) in [6, 6.07) is 0. The highest BCUT2D eigenvalue weighted by atomic mass is 16.6. The van der Waals surface area contributed by atoms with Crippen LogP contribution in [0.15, 0.2) is 11.0 Å². The van der Waals surface area contributed by atoms with E-state index in [0.29, 0.717) is 0 Å². The van der Waals surface area contributed by atoms with Crippen LogP contribution in [0.3, 0.4) is 0 Å². The van der Waals surface area contributed by atoms with E-state index in [0.717, 1.165) is 0 Å². The minimum atomic E-state index is -1.29. The summed E-state index contributed by atoms with van der Waals surface area (Å²) >= 11 is 0. The summed E-state index contributed by atoms with van der Waals surface area (Å²) in [6.45, 7) is -0.449. The minimum Gasteiger partial charge on any atom is -0.394 e. The van der Waals surface area contributed by atoms with E-state index in [9.17, 15) is 15.0 Å². The van der Waals surface area contributed by atoms with Crippen LogP contribution in [0.1, 0.15) is 11.7 Å². The predicted molar refractivity (Wildman–Crippen MR) is 56.0 cm³/mol. The molecule has 94 valence electrons. The second-order valence-electron chi connectivity index (χ2n) is 3.81. The number of nitrogens with zero attached hydrogens (tertiary/aromatic N) is 1. The normalized spacial score (nSPS) is 32.9. The van der Waals surface area contributed by atoms with E-state index < -0.39 is 36.6 Å². The van der Waals surface area contributed by atoms with Crippen molar-refractivity contribution in [1.82, 2.24) is 9.97 Å². The molecule has 1 aliphatic heterocycles. The number of nitrogens with two attached hydrogens (primary N) is 1. The number of hydrogen-bond donors (Lipinski definition) is 5. The van der Waals surface area contributed by atoms with E-state index in [2.05, 4.69) is 9.97 Å². The molecule has 8 heteroatoms. The standard InChI is InChI=1S/C9H13N3O5/c10-9-11-1-3(8(16)12-9)7-6(15)5(14)4(2-13)17-7/h1,4-7,13-15H,2H2,(H3,10,11,12,16)/t4-,5+,6+,7+/m1/s1. The Balaban J connectivity index is 2.32. The molecule has 4 atom stereocenters. The maximum Gasteiger partial charge on any atom is 0.258 e. The number of rotatable bonds is 2. The highest BCUT2D eigenvalue weighted by molar-refractivity contribution is 5.21. The zero-order valence-electron chi connectivity index (χ0n) is 8.78. The van der Waals surface area contributed by atoms with Gasteiger partial charge in [0.15, 0.2) is 5.95 Å². The molecule has 0 aliphatic carbocycles. The Bertz CT molecular complexity index is 462. The van der Waals surface area contributed by atoms with Crippen molar-refractivity contribution in [2.45, 2.75) is 24.4 Å². The van der Waals surface area contributed by atoms with E-state index in [4.69, 9.17) is 15.6 Å². The Kier molecular flexibility index (Phi) is 3.11. The second kappa shape index (κ2) is 4.41. The molecule has 1 saturated heterocycles. The quantitative estimate of drug-likeness (QED) is 0.386. The van der Waals surface area contributed by atoms with Gasteiger partial charge in [-0.25, -0.2) is 4.98 Å². The number of hydrogen-bond acceptors (Lipinski definition) is 7.